The van der Waals surface area contributed by atoms with Gasteiger partial charge >= 0.3 is 16.3 Å². The number of aromatic nitrogens is 1. The highest BCUT2D eigenvalue weighted by Crippen LogP contribution is 2.42. The first-order chi connectivity index (χ1) is 19.8. The summed E-state index contributed by atoms with van der Waals surface area (Å²) in [5.74, 6) is -14.3. The van der Waals surface area contributed by atoms with E-state index in [0.717, 1.165) is 30.3 Å². The summed E-state index contributed by atoms with van der Waals surface area (Å²) in [5, 5.41) is 0. The molecule has 1 aliphatic rings. The molecular formula is C27H15F8NO5S. The molecule has 0 bridgehead atoms. The predicted molar refractivity (Wildman–Crippen MR) is 129 cm³/mol. The summed E-state index contributed by atoms with van der Waals surface area (Å²) in [6.07, 6.45) is -2.51. The molecule has 5 rings (SSSR count). The third kappa shape index (κ3) is 5.43. The van der Waals surface area contributed by atoms with Gasteiger partial charge in [-0.3, -0.25) is 4.98 Å². The molecule has 0 spiro atoms. The molecule has 0 saturated carbocycles. The van der Waals surface area contributed by atoms with Crippen molar-refractivity contribution in [2.24, 2.45) is 0 Å². The summed E-state index contributed by atoms with van der Waals surface area (Å²) in [6, 6.07) is 8.94. The molecule has 42 heavy (non-hydrogen) atoms. The molecular weight excluding hydrogens is 602 g/mol. The minimum Gasteiger partial charge on any atom is -0.493 e. The van der Waals surface area contributed by atoms with Gasteiger partial charge in [0.1, 0.15) is 22.5 Å². The van der Waals surface area contributed by atoms with Crippen molar-refractivity contribution in [3.05, 3.63) is 101 Å². The zero-order valence-corrected chi connectivity index (χ0v) is 21.5. The average molecular weight is 617 g/mol. The van der Waals surface area contributed by atoms with Gasteiger partial charge in [0.25, 0.3) is 0 Å². The highest BCUT2D eigenvalue weighted by Gasteiger charge is 2.34. The van der Waals surface area contributed by atoms with Crippen LogP contribution in [0.5, 0.6) is 17.2 Å². The molecule has 2 heterocycles. The number of nitrogens with zero attached hydrogens (tertiary/aromatic N) is 1. The summed E-state index contributed by atoms with van der Waals surface area (Å²) in [7, 11) is -5.15. The summed E-state index contributed by atoms with van der Waals surface area (Å²) < 4.78 is 150. The highest BCUT2D eigenvalue weighted by atomic mass is 32.2. The number of benzene rings is 3. The summed E-state index contributed by atoms with van der Waals surface area (Å²) in [5.41, 5.74) is -0.253. The van der Waals surface area contributed by atoms with Crippen molar-refractivity contribution in [1.29, 1.82) is 0 Å². The Labute approximate surface area is 232 Å². The molecule has 0 N–H and O–H groups in total. The number of hydrogen-bond donors (Lipinski definition) is 0. The van der Waals surface area contributed by atoms with Gasteiger partial charge in [-0.1, -0.05) is 12.1 Å². The number of hydrogen-bond acceptors (Lipinski definition) is 6. The Hall–Kier alpha value is -4.40. The van der Waals surface area contributed by atoms with E-state index in [0.29, 0.717) is 5.56 Å². The van der Waals surface area contributed by atoms with E-state index in [1.165, 1.54) is 30.6 Å². The Morgan fingerprint density at radius 3 is 2.21 bits per heavy atom. The lowest BCUT2D eigenvalue weighted by Gasteiger charge is -2.28. The van der Waals surface area contributed by atoms with Crippen LogP contribution in [0.1, 0.15) is 23.7 Å². The van der Waals surface area contributed by atoms with Crippen LogP contribution in [0.4, 0.5) is 35.1 Å². The van der Waals surface area contributed by atoms with Crippen LogP contribution in [-0.4, -0.2) is 20.0 Å². The maximum atomic E-state index is 14.0. The molecule has 0 aliphatic carbocycles. The average Bonchev–Trinajstić information content (AvgIpc) is 2.97. The SMILES string of the molecule is O=S(=O)(Oc1c(F)c(F)c(F)c(F)c1F)c1ccc2c(c1)OCCC2Oc1ccc(C(F)(F)F)cc1-c1cccnc1. The predicted octanol–water partition coefficient (Wildman–Crippen LogP) is 7.13. The second kappa shape index (κ2) is 10.8. The largest absolute Gasteiger partial charge is 0.493 e. The smallest absolute Gasteiger partial charge is 0.416 e. The van der Waals surface area contributed by atoms with Gasteiger partial charge < -0.3 is 13.7 Å². The van der Waals surface area contributed by atoms with Gasteiger partial charge in [-0.2, -0.15) is 30.4 Å². The molecule has 3 aromatic carbocycles. The minimum absolute atomic E-state index is 0.0392. The fourth-order valence-corrected chi connectivity index (χ4v) is 5.09. The zero-order chi connectivity index (χ0) is 30.4. The third-order valence-electron chi connectivity index (χ3n) is 6.17. The van der Waals surface area contributed by atoms with Crippen LogP contribution in [-0.2, 0) is 16.3 Å². The molecule has 15 heteroatoms. The molecule has 4 aromatic rings. The molecule has 1 atom stereocenters. The topological polar surface area (TPSA) is 74.7 Å². The van der Waals surface area contributed by atoms with Crippen molar-refractivity contribution >= 4 is 10.1 Å². The Morgan fingerprint density at radius 2 is 1.57 bits per heavy atom. The van der Waals surface area contributed by atoms with Gasteiger partial charge in [0, 0.05) is 41.6 Å². The van der Waals surface area contributed by atoms with Gasteiger partial charge in [0.2, 0.25) is 34.8 Å². The van der Waals surface area contributed by atoms with Gasteiger partial charge in [0.15, 0.2) is 0 Å². The van der Waals surface area contributed by atoms with E-state index in [1.807, 2.05) is 0 Å². The first-order valence-electron chi connectivity index (χ1n) is 11.8. The fraction of sp³-hybridized carbons (Fsp3) is 0.148. The fourth-order valence-electron chi connectivity index (χ4n) is 4.14. The van der Waals surface area contributed by atoms with Crippen molar-refractivity contribution in [2.45, 2.75) is 23.6 Å². The van der Waals surface area contributed by atoms with Gasteiger partial charge in [-0.05, 0) is 30.3 Å². The van der Waals surface area contributed by atoms with Crippen LogP contribution in [0.2, 0.25) is 0 Å². The second-order valence-corrected chi connectivity index (χ2v) is 10.4. The Morgan fingerprint density at radius 1 is 0.881 bits per heavy atom. The summed E-state index contributed by atoms with van der Waals surface area (Å²) in [4.78, 5) is 3.18. The molecule has 220 valence electrons. The Kier molecular flexibility index (Phi) is 7.47. The van der Waals surface area contributed by atoms with E-state index in [2.05, 4.69) is 9.17 Å². The van der Waals surface area contributed by atoms with Gasteiger partial charge in [-0.25, -0.2) is 13.2 Å². The van der Waals surface area contributed by atoms with E-state index in [1.54, 1.807) is 0 Å². The van der Waals surface area contributed by atoms with Crippen LogP contribution in [0.25, 0.3) is 11.1 Å². The Bertz CT molecular complexity index is 1750. The maximum absolute atomic E-state index is 14.0. The first-order valence-corrected chi connectivity index (χ1v) is 13.2. The van der Waals surface area contributed by atoms with E-state index >= 15 is 0 Å². The van der Waals surface area contributed by atoms with E-state index in [-0.39, 0.29) is 35.7 Å². The molecule has 1 aliphatic heterocycles. The molecule has 0 saturated heterocycles. The third-order valence-corrected chi connectivity index (χ3v) is 7.39. The number of rotatable bonds is 6. The van der Waals surface area contributed by atoms with Crippen molar-refractivity contribution in [1.82, 2.24) is 4.98 Å². The maximum Gasteiger partial charge on any atom is 0.416 e. The number of pyridine rings is 1. The minimum atomic E-state index is -5.15. The van der Waals surface area contributed by atoms with E-state index in [4.69, 9.17) is 9.47 Å². The standard InChI is InChI=1S/C27H15F8NO5S/c28-21-22(29)24(31)26(25(32)23(21)30)41-42(37,38)15-4-5-16-19(7-9-39-20(16)11-15)40-18-6-3-14(27(33,34)35)10-17(18)13-2-1-8-36-12-13/h1-6,8,10-12,19H,7,9H2. The second-order valence-electron chi connectivity index (χ2n) is 8.83. The van der Waals surface area contributed by atoms with Gasteiger partial charge in [0.05, 0.1) is 12.2 Å². The Balaban J connectivity index is 1.47. The first kappa shape index (κ1) is 29.1. The molecule has 0 amide bonds. The zero-order valence-electron chi connectivity index (χ0n) is 20.7. The molecule has 0 fully saturated rings. The summed E-state index contributed by atoms with van der Waals surface area (Å²) >= 11 is 0. The normalized spacial score (nSPS) is 15.1. The molecule has 1 unspecified atom stereocenters. The van der Waals surface area contributed by atoms with Crippen molar-refractivity contribution in [2.75, 3.05) is 6.61 Å². The van der Waals surface area contributed by atoms with Crippen molar-refractivity contribution in [3.63, 3.8) is 0 Å². The van der Waals surface area contributed by atoms with E-state index < -0.39 is 67.7 Å². The van der Waals surface area contributed by atoms with Crippen LogP contribution >= 0.6 is 0 Å². The van der Waals surface area contributed by atoms with Crippen LogP contribution in [0, 0.1) is 29.1 Å². The monoisotopic (exact) mass is 617 g/mol. The molecule has 0 radical (unpaired) electrons. The van der Waals surface area contributed by atoms with Crippen molar-refractivity contribution in [3.8, 4) is 28.4 Å². The lowest BCUT2D eigenvalue weighted by molar-refractivity contribution is -0.137. The van der Waals surface area contributed by atoms with Crippen LogP contribution < -0.4 is 13.7 Å². The van der Waals surface area contributed by atoms with Crippen LogP contribution in [0.3, 0.4) is 0 Å². The number of alkyl halides is 3. The summed E-state index contributed by atoms with van der Waals surface area (Å²) in [6.45, 7) is -0.0392. The lowest BCUT2D eigenvalue weighted by Crippen LogP contribution is -2.20. The number of ether oxygens (including phenoxy) is 2. The molecule has 1 aromatic heterocycles. The number of halogens is 8. The highest BCUT2D eigenvalue weighted by molar-refractivity contribution is 7.87. The van der Waals surface area contributed by atoms with E-state index in [9.17, 15) is 43.5 Å². The molecule has 6 nitrogen and oxygen atoms in total. The quantitative estimate of drug-likeness (QED) is 0.0992. The van der Waals surface area contributed by atoms with Crippen molar-refractivity contribution < 1.29 is 57.2 Å². The van der Waals surface area contributed by atoms with Gasteiger partial charge in [-0.15, -0.1) is 0 Å². The number of fused-ring (bicyclic) bond motifs is 1. The lowest BCUT2D eigenvalue weighted by atomic mass is 10.0. The van der Waals surface area contributed by atoms with Crippen LogP contribution in [0.15, 0.2) is 65.8 Å².